The van der Waals surface area contributed by atoms with E-state index in [9.17, 15) is 13.2 Å². The minimum atomic E-state index is -3.17. The zero-order valence-corrected chi connectivity index (χ0v) is 17.8. The lowest BCUT2D eigenvalue weighted by molar-refractivity contribution is -0.130. The number of nitrogens with zero attached hydrogens (tertiary/aromatic N) is 2. The quantitative estimate of drug-likeness (QED) is 0.663. The predicted octanol–water partition coefficient (Wildman–Crippen LogP) is 3.03. The highest BCUT2D eigenvalue weighted by atomic mass is 32.2. The number of likely N-dealkylation sites (tertiary alicyclic amines) is 1. The molecule has 1 saturated heterocycles. The molecule has 1 aromatic rings. The van der Waals surface area contributed by atoms with Crippen LogP contribution in [-0.2, 0) is 14.8 Å². The summed E-state index contributed by atoms with van der Waals surface area (Å²) in [4.78, 5) is 15.5. The average molecular weight is 399 g/mol. The summed E-state index contributed by atoms with van der Waals surface area (Å²) in [6.45, 7) is 6.22. The Labute approximate surface area is 162 Å². The van der Waals surface area contributed by atoms with Gasteiger partial charge in [-0.1, -0.05) is 26.0 Å². The second kappa shape index (κ2) is 9.24. The molecule has 1 fully saturated rings. The van der Waals surface area contributed by atoms with Crippen LogP contribution < -0.4 is 0 Å². The lowest BCUT2D eigenvalue weighted by Gasteiger charge is -2.34. The topological polar surface area (TPSA) is 57.7 Å². The molecule has 1 heterocycles. The molecule has 146 valence electrons. The highest BCUT2D eigenvalue weighted by molar-refractivity contribution is 8.00. The van der Waals surface area contributed by atoms with Crippen molar-refractivity contribution in [2.75, 3.05) is 38.7 Å². The maximum atomic E-state index is 12.5. The van der Waals surface area contributed by atoms with E-state index in [0.29, 0.717) is 24.8 Å². The van der Waals surface area contributed by atoms with Gasteiger partial charge in [0.25, 0.3) is 0 Å². The predicted molar refractivity (Wildman–Crippen MR) is 108 cm³/mol. The first-order valence-electron chi connectivity index (χ1n) is 9.08. The Morgan fingerprint density at radius 2 is 1.96 bits per heavy atom. The monoisotopic (exact) mass is 398 g/mol. The van der Waals surface area contributed by atoms with E-state index in [2.05, 4.69) is 38.1 Å². The number of carbonyl (C=O) groups excluding carboxylic acids is 1. The fraction of sp³-hybridized carbons (Fsp3) is 0.632. The Morgan fingerprint density at radius 3 is 2.54 bits per heavy atom. The lowest BCUT2D eigenvalue weighted by Crippen LogP contribution is -2.44. The molecule has 26 heavy (non-hydrogen) atoms. The van der Waals surface area contributed by atoms with Crippen LogP contribution in [0.1, 0.15) is 38.2 Å². The number of thioether (sulfide) groups is 1. The van der Waals surface area contributed by atoms with Gasteiger partial charge in [0, 0.05) is 31.6 Å². The van der Waals surface area contributed by atoms with E-state index in [4.69, 9.17) is 0 Å². The maximum absolute atomic E-state index is 12.5. The molecule has 0 N–H and O–H groups in total. The second-order valence-corrected chi connectivity index (χ2v) is 10.5. The average Bonchev–Trinajstić information content (AvgIpc) is 2.59. The van der Waals surface area contributed by atoms with Crippen molar-refractivity contribution in [2.45, 2.75) is 37.5 Å². The fourth-order valence-electron chi connectivity index (χ4n) is 3.12. The summed E-state index contributed by atoms with van der Waals surface area (Å²) in [5.41, 5.74) is 1.30. The summed E-state index contributed by atoms with van der Waals surface area (Å²) in [6, 6.07) is 8.39. The first-order valence-corrected chi connectivity index (χ1v) is 11.9. The molecule has 0 saturated carbocycles. The van der Waals surface area contributed by atoms with Crippen molar-refractivity contribution in [2.24, 2.45) is 5.92 Å². The minimum Gasteiger partial charge on any atom is -0.342 e. The van der Waals surface area contributed by atoms with Gasteiger partial charge in [-0.3, -0.25) is 4.79 Å². The Kier molecular flexibility index (Phi) is 7.55. The SMILES string of the molecule is CC(C)c1ccc(SCC(=O)N2CCCC(CN(C)S(C)(=O)=O)C2)cc1. The van der Waals surface area contributed by atoms with E-state index >= 15 is 0 Å². The molecule has 1 aromatic carbocycles. The zero-order chi connectivity index (χ0) is 19.3. The smallest absolute Gasteiger partial charge is 0.232 e. The van der Waals surface area contributed by atoms with Gasteiger partial charge in [0.1, 0.15) is 0 Å². The first kappa shape index (κ1) is 21.3. The van der Waals surface area contributed by atoms with Gasteiger partial charge in [0.15, 0.2) is 0 Å². The second-order valence-electron chi connectivity index (χ2n) is 7.40. The number of hydrogen-bond acceptors (Lipinski definition) is 4. The van der Waals surface area contributed by atoms with Crippen LogP contribution >= 0.6 is 11.8 Å². The number of sulfonamides is 1. The molecule has 0 aromatic heterocycles. The Balaban J connectivity index is 1.85. The van der Waals surface area contributed by atoms with Gasteiger partial charge in [-0.2, -0.15) is 0 Å². The van der Waals surface area contributed by atoms with Crippen LogP contribution in [0, 0.1) is 5.92 Å². The molecule has 1 amide bonds. The molecule has 1 atom stereocenters. The van der Waals surface area contributed by atoms with Gasteiger partial charge >= 0.3 is 0 Å². The van der Waals surface area contributed by atoms with Crippen LogP contribution in [0.4, 0.5) is 0 Å². The van der Waals surface area contributed by atoms with Crippen molar-refractivity contribution in [1.82, 2.24) is 9.21 Å². The van der Waals surface area contributed by atoms with Crippen molar-refractivity contribution in [1.29, 1.82) is 0 Å². The normalized spacial score (nSPS) is 18.5. The summed E-state index contributed by atoms with van der Waals surface area (Å²) < 4.78 is 24.6. The number of piperidine rings is 1. The van der Waals surface area contributed by atoms with Crippen molar-refractivity contribution < 1.29 is 13.2 Å². The molecule has 0 radical (unpaired) electrons. The Morgan fingerprint density at radius 1 is 1.31 bits per heavy atom. The van der Waals surface area contributed by atoms with Gasteiger partial charge in [-0.15, -0.1) is 11.8 Å². The van der Waals surface area contributed by atoms with E-state index in [-0.39, 0.29) is 11.8 Å². The summed E-state index contributed by atoms with van der Waals surface area (Å²) in [7, 11) is -1.57. The fourth-order valence-corrected chi connectivity index (χ4v) is 4.41. The van der Waals surface area contributed by atoms with Crippen molar-refractivity contribution >= 4 is 27.7 Å². The number of amides is 1. The molecule has 1 aliphatic rings. The van der Waals surface area contributed by atoms with Crippen molar-refractivity contribution in [3.8, 4) is 0 Å². The summed E-state index contributed by atoms with van der Waals surface area (Å²) in [5, 5.41) is 0. The van der Waals surface area contributed by atoms with Gasteiger partial charge in [-0.05, 0) is 42.4 Å². The van der Waals surface area contributed by atoms with Crippen LogP contribution in [0.5, 0.6) is 0 Å². The van der Waals surface area contributed by atoms with Crippen LogP contribution in [0.25, 0.3) is 0 Å². The van der Waals surface area contributed by atoms with Gasteiger partial charge in [0.2, 0.25) is 15.9 Å². The molecular weight excluding hydrogens is 368 g/mol. The van der Waals surface area contributed by atoms with Crippen LogP contribution in [0.15, 0.2) is 29.2 Å². The summed E-state index contributed by atoms with van der Waals surface area (Å²) in [6.07, 6.45) is 3.12. The maximum Gasteiger partial charge on any atom is 0.232 e. The summed E-state index contributed by atoms with van der Waals surface area (Å²) in [5.74, 6) is 1.28. The first-order chi connectivity index (χ1) is 12.2. The van der Waals surface area contributed by atoms with E-state index < -0.39 is 10.0 Å². The van der Waals surface area contributed by atoms with Gasteiger partial charge in [0.05, 0.1) is 12.0 Å². The standard InChI is InChI=1S/C19H30N2O3S2/c1-15(2)17-7-9-18(10-8-17)25-14-19(22)21-11-5-6-16(13-21)12-20(3)26(4,23)24/h7-10,15-16H,5-6,11-14H2,1-4H3. The van der Waals surface area contributed by atoms with Crippen molar-refractivity contribution in [3.05, 3.63) is 29.8 Å². The minimum absolute atomic E-state index is 0.134. The third-order valence-corrected chi connectivity index (χ3v) is 7.14. The van der Waals surface area contributed by atoms with Crippen LogP contribution in [0.2, 0.25) is 0 Å². The Bertz CT molecular complexity index is 702. The van der Waals surface area contributed by atoms with Crippen molar-refractivity contribution in [3.63, 3.8) is 0 Å². The highest BCUT2D eigenvalue weighted by Crippen LogP contribution is 2.24. The molecule has 1 aliphatic heterocycles. The molecule has 2 rings (SSSR count). The number of rotatable bonds is 7. The third kappa shape index (κ3) is 6.28. The van der Waals surface area contributed by atoms with E-state index in [1.165, 1.54) is 16.1 Å². The van der Waals surface area contributed by atoms with Crippen LogP contribution in [-0.4, -0.2) is 62.2 Å². The molecule has 5 nitrogen and oxygen atoms in total. The van der Waals surface area contributed by atoms with Crippen LogP contribution in [0.3, 0.4) is 0 Å². The molecule has 1 unspecified atom stereocenters. The number of hydrogen-bond donors (Lipinski definition) is 0. The molecular formula is C19H30N2O3S2. The largest absolute Gasteiger partial charge is 0.342 e. The molecule has 7 heteroatoms. The zero-order valence-electron chi connectivity index (χ0n) is 16.1. The molecule has 0 aliphatic carbocycles. The van der Waals surface area contributed by atoms with E-state index in [0.717, 1.165) is 24.3 Å². The number of carbonyl (C=O) groups is 1. The van der Waals surface area contributed by atoms with Gasteiger partial charge < -0.3 is 4.90 Å². The Hall–Kier alpha value is -1.05. The third-order valence-electron chi connectivity index (χ3n) is 4.86. The molecule has 0 bridgehead atoms. The summed E-state index contributed by atoms with van der Waals surface area (Å²) >= 11 is 1.56. The number of benzene rings is 1. The molecule has 0 spiro atoms. The van der Waals surface area contributed by atoms with E-state index in [1.54, 1.807) is 18.8 Å². The van der Waals surface area contributed by atoms with Gasteiger partial charge in [-0.25, -0.2) is 12.7 Å². The highest BCUT2D eigenvalue weighted by Gasteiger charge is 2.26. The van der Waals surface area contributed by atoms with E-state index in [1.807, 2.05) is 4.90 Å². The lowest BCUT2D eigenvalue weighted by atomic mass is 9.98.